The summed E-state index contributed by atoms with van der Waals surface area (Å²) in [5.74, 6) is 0. The Balaban J connectivity index is 2.79. The van der Waals surface area contributed by atoms with E-state index in [9.17, 15) is 13.5 Å². The van der Waals surface area contributed by atoms with E-state index < -0.39 is 16.1 Å². The zero-order valence-corrected chi connectivity index (χ0v) is 9.96. The van der Waals surface area contributed by atoms with E-state index in [0.717, 1.165) is 15.6 Å². The quantitative estimate of drug-likeness (QED) is 0.751. The van der Waals surface area contributed by atoms with Gasteiger partial charge in [0.05, 0.1) is 6.10 Å². The van der Waals surface area contributed by atoms with Crippen molar-refractivity contribution in [1.82, 2.24) is 4.31 Å². The maximum Gasteiger partial charge on any atom is 0.252 e. The number of sulfonamides is 1. The molecule has 1 aromatic heterocycles. The van der Waals surface area contributed by atoms with E-state index in [-0.39, 0.29) is 17.3 Å². The fourth-order valence-corrected chi connectivity index (χ4v) is 3.44. The van der Waals surface area contributed by atoms with Crippen molar-refractivity contribution in [2.75, 3.05) is 20.1 Å². The first-order valence-electron chi connectivity index (χ1n) is 4.36. The molecule has 1 atom stereocenters. The van der Waals surface area contributed by atoms with E-state index in [0.29, 0.717) is 0 Å². The van der Waals surface area contributed by atoms with Gasteiger partial charge in [0.1, 0.15) is 4.21 Å². The Labute approximate surface area is 93.2 Å². The van der Waals surface area contributed by atoms with Crippen LogP contribution < -0.4 is 5.73 Å². The van der Waals surface area contributed by atoms with Gasteiger partial charge in [0.2, 0.25) is 0 Å². The second-order valence-electron chi connectivity index (χ2n) is 3.11. The summed E-state index contributed by atoms with van der Waals surface area (Å²) < 4.78 is 25.0. The lowest BCUT2D eigenvalue weighted by molar-refractivity contribution is 0.160. The number of hydrogen-bond donors (Lipinski definition) is 2. The minimum atomic E-state index is -3.46. The first kappa shape index (κ1) is 12.6. The average molecular weight is 250 g/mol. The van der Waals surface area contributed by atoms with Crippen molar-refractivity contribution in [3.63, 3.8) is 0 Å². The Bertz CT molecular complexity index is 388. The van der Waals surface area contributed by atoms with Crippen LogP contribution in [0.25, 0.3) is 0 Å². The highest BCUT2D eigenvalue weighted by Crippen LogP contribution is 2.19. The highest BCUT2D eigenvalue weighted by atomic mass is 32.2. The van der Waals surface area contributed by atoms with Crippen molar-refractivity contribution in [3.8, 4) is 0 Å². The van der Waals surface area contributed by atoms with E-state index in [2.05, 4.69) is 0 Å². The van der Waals surface area contributed by atoms with Gasteiger partial charge in [-0.2, -0.15) is 4.31 Å². The Morgan fingerprint density at radius 3 is 2.80 bits per heavy atom. The van der Waals surface area contributed by atoms with Gasteiger partial charge in [-0.15, -0.1) is 11.3 Å². The maximum absolute atomic E-state index is 11.8. The molecule has 86 valence electrons. The molecule has 5 nitrogen and oxygen atoms in total. The first-order chi connectivity index (χ1) is 6.98. The van der Waals surface area contributed by atoms with Gasteiger partial charge in [0.25, 0.3) is 10.0 Å². The molecule has 15 heavy (non-hydrogen) atoms. The third-order valence-electron chi connectivity index (χ3n) is 1.90. The first-order valence-corrected chi connectivity index (χ1v) is 6.68. The number of nitrogens with zero attached hydrogens (tertiary/aromatic N) is 1. The van der Waals surface area contributed by atoms with Crippen LogP contribution in [-0.2, 0) is 10.0 Å². The Morgan fingerprint density at radius 2 is 2.33 bits per heavy atom. The number of rotatable bonds is 5. The zero-order valence-electron chi connectivity index (χ0n) is 8.33. The van der Waals surface area contributed by atoms with Gasteiger partial charge in [0.15, 0.2) is 0 Å². The summed E-state index contributed by atoms with van der Waals surface area (Å²) in [5, 5.41) is 11.0. The predicted molar refractivity (Wildman–Crippen MR) is 59.2 cm³/mol. The fraction of sp³-hybridized carbons (Fsp3) is 0.500. The molecule has 1 heterocycles. The number of likely N-dealkylation sites (N-methyl/N-ethyl adjacent to an activating group) is 1. The smallest absolute Gasteiger partial charge is 0.252 e. The molecule has 0 unspecified atom stereocenters. The van der Waals surface area contributed by atoms with Gasteiger partial charge < -0.3 is 10.8 Å². The summed E-state index contributed by atoms with van der Waals surface area (Å²) in [5.41, 5.74) is 5.21. The molecule has 0 bridgehead atoms. The summed E-state index contributed by atoms with van der Waals surface area (Å²) in [6, 6.07) is 3.20. The zero-order chi connectivity index (χ0) is 11.5. The molecule has 0 aliphatic rings. The van der Waals surface area contributed by atoms with Crippen LogP contribution in [0.4, 0.5) is 0 Å². The molecular formula is C8H14N2O3S2. The second-order valence-corrected chi connectivity index (χ2v) is 6.33. The van der Waals surface area contributed by atoms with Crippen molar-refractivity contribution in [3.05, 3.63) is 17.5 Å². The lowest BCUT2D eigenvalue weighted by Crippen LogP contribution is -2.37. The summed E-state index contributed by atoms with van der Waals surface area (Å²) in [7, 11) is -2.04. The highest BCUT2D eigenvalue weighted by Gasteiger charge is 2.23. The van der Waals surface area contributed by atoms with Crippen LogP contribution in [0.15, 0.2) is 21.7 Å². The number of hydrogen-bond acceptors (Lipinski definition) is 5. The lowest BCUT2D eigenvalue weighted by Gasteiger charge is -2.18. The molecule has 0 fully saturated rings. The summed E-state index contributed by atoms with van der Waals surface area (Å²) >= 11 is 1.15. The van der Waals surface area contributed by atoms with E-state index in [1.165, 1.54) is 13.1 Å². The molecule has 1 aromatic rings. The Hall–Kier alpha value is -0.470. The SMILES string of the molecule is CN(C[C@@H](O)CN)S(=O)(=O)c1cccs1. The number of thiophene rings is 1. The van der Waals surface area contributed by atoms with Gasteiger partial charge in [-0.05, 0) is 11.4 Å². The van der Waals surface area contributed by atoms with Crippen LogP contribution in [0.1, 0.15) is 0 Å². The van der Waals surface area contributed by atoms with E-state index in [4.69, 9.17) is 5.73 Å². The van der Waals surface area contributed by atoms with E-state index in [1.54, 1.807) is 11.4 Å². The number of aliphatic hydroxyl groups is 1. The van der Waals surface area contributed by atoms with Crippen LogP contribution in [0.2, 0.25) is 0 Å². The summed E-state index contributed by atoms with van der Waals surface area (Å²) in [4.78, 5) is 0. The van der Waals surface area contributed by atoms with Crippen LogP contribution in [0, 0.1) is 0 Å². The largest absolute Gasteiger partial charge is 0.390 e. The molecule has 0 aliphatic heterocycles. The van der Waals surface area contributed by atoms with Crippen molar-refractivity contribution < 1.29 is 13.5 Å². The minimum absolute atomic E-state index is 0.0106. The van der Waals surface area contributed by atoms with Crippen molar-refractivity contribution >= 4 is 21.4 Å². The molecule has 0 spiro atoms. The molecule has 0 radical (unpaired) electrons. The van der Waals surface area contributed by atoms with Gasteiger partial charge in [-0.3, -0.25) is 0 Å². The molecule has 3 N–H and O–H groups in total. The maximum atomic E-state index is 11.8. The lowest BCUT2D eigenvalue weighted by atomic mass is 10.4. The molecule has 1 rings (SSSR count). The number of nitrogens with two attached hydrogens (primary N) is 1. The van der Waals surface area contributed by atoms with Crippen molar-refractivity contribution in [2.24, 2.45) is 5.73 Å². The Morgan fingerprint density at radius 1 is 1.67 bits per heavy atom. The van der Waals surface area contributed by atoms with Crippen LogP contribution in [0.5, 0.6) is 0 Å². The van der Waals surface area contributed by atoms with Crippen LogP contribution in [-0.4, -0.2) is 44.1 Å². The van der Waals surface area contributed by atoms with Crippen molar-refractivity contribution in [2.45, 2.75) is 10.3 Å². The standard InChI is InChI=1S/C8H14N2O3S2/c1-10(6-7(11)5-9)15(12,13)8-3-2-4-14-8/h2-4,7,11H,5-6,9H2,1H3/t7-/m0/s1. The predicted octanol–water partition coefficient (Wildman–Crippen LogP) is -0.312. The van der Waals surface area contributed by atoms with Gasteiger partial charge >= 0.3 is 0 Å². The van der Waals surface area contributed by atoms with E-state index in [1.807, 2.05) is 0 Å². The molecule has 0 saturated heterocycles. The highest BCUT2D eigenvalue weighted by molar-refractivity contribution is 7.91. The molecule has 7 heteroatoms. The fourth-order valence-electron chi connectivity index (χ4n) is 1.03. The van der Waals surface area contributed by atoms with Crippen LogP contribution >= 0.6 is 11.3 Å². The number of aliphatic hydroxyl groups excluding tert-OH is 1. The monoisotopic (exact) mass is 250 g/mol. The molecule has 0 aliphatic carbocycles. The summed E-state index contributed by atoms with van der Waals surface area (Å²) in [6.07, 6.45) is -0.829. The van der Waals surface area contributed by atoms with Crippen molar-refractivity contribution in [1.29, 1.82) is 0 Å². The summed E-state index contributed by atoms with van der Waals surface area (Å²) in [6.45, 7) is 0.0566. The third-order valence-corrected chi connectivity index (χ3v) is 5.10. The van der Waals surface area contributed by atoms with Crippen LogP contribution in [0.3, 0.4) is 0 Å². The van der Waals surface area contributed by atoms with Gasteiger partial charge in [-0.25, -0.2) is 8.42 Å². The Kier molecular flexibility index (Phi) is 4.23. The topological polar surface area (TPSA) is 83.6 Å². The molecule has 0 aromatic carbocycles. The van der Waals surface area contributed by atoms with Gasteiger partial charge in [-0.1, -0.05) is 6.07 Å². The van der Waals surface area contributed by atoms with Gasteiger partial charge in [0, 0.05) is 20.1 Å². The average Bonchev–Trinajstić information content (AvgIpc) is 2.70. The third kappa shape index (κ3) is 2.99. The molecular weight excluding hydrogens is 236 g/mol. The molecule has 0 amide bonds. The minimum Gasteiger partial charge on any atom is -0.390 e. The normalized spacial score (nSPS) is 14.4. The molecule has 0 saturated carbocycles. The van der Waals surface area contributed by atoms with E-state index >= 15 is 0 Å². The second kappa shape index (κ2) is 5.04.